The van der Waals surface area contributed by atoms with Crippen molar-refractivity contribution in [1.82, 2.24) is 19.3 Å². The number of hydrogen-bond acceptors (Lipinski definition) is 3. The van der Waals surface area contributed by atoms with Crippen molar-refractivity contribution in [3.8, 4) is 11.8 Å². The number of fused-ring (bicyclic) bond motifs is 1. The quantitative estimate of drug-likeness (QED) is 0.686. The number of aromatic nitrogens is 4. The van der Waals surface area contributed by atoms with Gasteiger partial charge in [-0.15, -0.1) is 0 Å². The van der Waals surface area contributed by atoms with Crippen molar-refractivity contribution in [2.24, 2.45) is 7.05 Å². The molecule has 1 aromatic carbocycles. The van der Waals surface area contributed by atoms with E-state index in [0.29, 0.717) is 10.3 Å². The molecule has 0 amide bonds. The lowest BCUT2D eigenvalue weighted by Gasteiger charge is -2.07. The summed E-state index contributed by atoms with van der Waals surface area (Å²) in [5.74, 6) is 0. The Kier molecular flexibility index (Phi) is 3.00. The molecule has 1 N–H and O–H groups in total. The Morgan fingerprint density at radius 2 is 2.20 bits per heavy atom. The lowest BCUT2D eigenvalue weighted by atomic mass is 10.2. The van der Waals surface area contributed by atoms with Gasteiger partial charge in [0.25, 0.3) is 0 Å². The molecular weight excluding hydrogens is 338 g/mol. The summed E-state index contributed by atoms with van der Waals surface area (Å²) >= 11 is 8.91. The van der Waals surface area contributed by atoms with Gasteiger partial charge in [0.05, 0.1) is 23.0 Å². The Bertz CT molecular complexity index is 925. The number of benzene rings is 1. The van der Waals surface area contributed by atoms with Crippen LogP contribution in [0.1, 0.15) is 11.3 Å². The molecule has 0 atom stereocenters. The number of halogens is 1. The fourth-order valence-corrected chi connectivity index (χ4v) is 3.13. The van der Waals surface area contributed by atoms with E-state index in [0.717, 1.165) is 27.0 Å². The average Bonchev–Trinajstić information content (AvgIpc) is 2.88. The molecule has 100 valence electrons. The molecule has 3 rings (SSSR count). The van der Waals surface area contributed by atoms with Crippen molar-refractivity contribution in [2.75, 3.05) is 0 Å². The zero-order chi connectivity index (χ0) is 14.4. The van der Waals surface area contributed by atoms with Gasteiger partial charge in [-0.3, -0.25) is 4.57 Å². The van der Waals surface area contributed by atoms with E-state index in [9.17, 15) is 0 Å². The highest BCUT2D eigenvalue weighted by Crippen LogP contribution is 2.27. The highest BCUT2D eigenvalue weighted by molar-refractivity contribution is 9.10. The Labute approximate surface area is 128 Å². The Balaban J connectivity index is 2.38. The molecule has 7 heteroatoms. The second-order valence-corrected chi connectivity index (χ2v) is 5.69. The molecule has 0 radical (unpaired) electrons. The predicted octanol–water partition coefficient (Wildman–Crippen LogP) is 3.36. The van der Waals surface area contributed by atoms with Gasteiger partial charge >= 0.3 is 0 Å². The molecule has 5 nitrogen and oxygen atoms in total. The van der Waals surface area contributed by atoms with Crippen molar-refractivity contribution < 1.29 is 0 Å². The van der Waals surface area contributed by atoms with Crippen molar-refractivity contribution in [2.45, 2.75) is 6.92 Å². The van der Waals surface area contributed by atoms with Gasteiger partial charge in [-0.1, -0.05) is 0 Å². The van der Waals surface area contributed by atoms with Crippen molar-refractivity contribution in [3.63, 3.8) is 0 Å². The molecule has 0 saturated carbocycles. The van der Waals surface area contributed by atoms with Gasteiger partial charge in [-0.05, 0) is 53.3 Å². The van der Waals surface area contributed by atoms with Gasteiger partial charge in [-0.25, -0.2) is 4.68 Å². The molecule has 0 aliphatic rings. The third-order valence-corrected chi connectivity index (χ3v) is 4.08. The van der Waals surface area contributed by atoms with Gasteiger partial charge in [-0.2, -0.15) is 10.4 Å². The number of nitrogens with zero attached hydrogens (tertiary/aromatic N) is 4. The Morgan fingerprint density at radius 1 is 1.45 bits per heavy atom. The lowest BCUT2D eigenvalue weighted by Crippen LogP contribution is -2.01. The largest absolute Gasteiger partial charge is 0.327 e. The zero-order valence-electron chi connectivity index (χ0n) is 10.8. The summed E-state index contributed by atoms with van der Waals surface area (Å²) in [5.41, 5.74) is 4.20. The summed E-state index contributed by atoms with van der Waals surface area (Å²) in [7, 11) is 1.88. The van der Waals surface area contributed by atoms with Crippen LogP contribution in [-0.4, -0.2) is 19.3 Å². The van der Waals surface area contributed by atoms with Crippen LogP contribution in [0, 0.1) is 23.0 Å². The zero-order valence-corrected chi connectivity index (χ0v) is 13.2. The molecule has 0 unspecified atom stereocenters. The smallest absolute Gasteiger partial charge is 0.184 e. The first-order valence-corrected chi connectivity index (χ1v) is 7.07. The van der Waals surface area contributed by atoms with Crippen LogP contribution < -0.4 is 0 Å². The third kappa shape index (κ3) is 1.80. The van der Waals surface area contributed by atoms with Crippen molar-refractivity contribution >= 4 is 39.3 Å². The van der Waals surface area contributed by atoms with Gasteiger partial charge in [0, 0.05) is 11.5 Å². The molecule has 0 aliphatic carbocycles. The summed E-state index contributed by atoms with van der Waals surface area (Å²) in [4.78, 5) is 3.18. The number of rotatable bonds is 1. The number of nitriles is 1. The molecule has 0 saturated heterocycles. The standard InChI is InChI=1S/C13H10BrN5S/c1-7-11-12(18(2)17-7)19(13(20)16-11)10-4-3-8(6-15)5-9(10)14/h3-5H,1-2H3,(H,16,20). The Morgan fingerprint density at radius 3 is 2.85 bits per heavy atom. The van der Waals surface area contributed by atoms with Crippen LogP contribution in [0.4, 0.5) is 0 Å². The van der Waals surface area contributed by atoms with E-state index < -0.39 is 0 Å². The SMILES string of the molecule is Cc1nn(C)c2c1[nH]c(=S)n2-c1ccc(C#N)cc1Br. The summed E-state index contributed by atoms with van der Waals surface area (Å²) in [6.07, 6.45) is 0. The number of aromatic amines is 1. The minimum absolute atomic E-state index is 0.597. The molecule has 20 heavy (non-hydrogen) atoms. The van der Waals surface area contributed by atoms with E-state index in [4.69, 9.17) is 17.5 Å². The molecule has 0 aliphatic heterocycles. The van der Waals surface area contributed by atoms with E-state index in [1.165, 1.54) is 0 Å². The number of imidazole rings is 1. The number of aryl methyl sites for hydroxylation is 2. The summed E-state index contributed by atoms with van der Waals surface area (Å²) in [6, 6.07) is 7.53. The number of nitrogens with one attached hydrogen (secondary N) is 1. The average molecular weight is 348 g/mol. The van der Waals surface area contributed by atoms with Crippen LogP contribution >= 0.6 is 28.1 Å². The number of H-pyrrole nitrogens is 1. The van der Waals surface area contributed by atoms with Crippen LogP contribution in [0.15, 0.2) is 22.7 Å². The predicted molar refractivity (Wildman–Crippen MR) is 82.4 cm³/mol. The maximum Gasteiger partial charge on any atom is 0.184 e. The normalized spacial score (nSPS) is 10.9. The van der Waals surface area contributed by atoms with E-state index in [1.54, 1.807) is 16.8 Å². The van der Waals surface area contributed by atoms with Crippen molar-refractivity contribution in [3.05, 3.63) is 38.7 Å². The summed E-state index contributed by atoms with van der Waals surface area (Å²) in [6.45, 7) is 1.94. The molecule has 0 spiro atoms. The monoisotopic (exact) mass is 347 g/mol. The van der Waals surface area contributed by atoms with E-state index in [-0.39, 0.29) is 0 Å². The van der Waals surface area contributed by atoms with Gasteiger partial charge in [0.1, 0.15) is 5.52 Å². The van der Waals surface area contributed by atoms with Gasteiger partial charge in [0.15, 0.2) is 10.4 Å². The van der Waals surface area contributed by atoms with E-state index in [1.807, 2.05) is 24.6 Å². The van der Waals surface area contributed by atoms with Crippen LogP contribution in [0.5, 0.6) is 0 Å². The lowest BCUT2D eigenvalue weighted by molar-refractivity contribution is 0.759. The first kappa shape index (κ1) is 13.1. The molecule has 2 aromatic heterocycles. The Hall–Kier alpha value is -1.91. The minimum atomic E-state index is 0.597. The first-order chi connectivity index (χ1) is 9.52. The van der Waals surface area contributed by atoms with Crippen LogP contribution in [0.2, 0.25) is 0 Å². The highest BCUT2D eigenvalue weighted by atomic mass is 79.9. The second kappa shape index (κ2) is 4.58. The summed E-state index contributed by atoms with van der Waals surface area (Å²) < 4.78 is 5.12. The maximum atomic E-state index is 8.94. The topological polar surface area (TPSA) is 62.3 Å². The van der Waals surface area contributed by atoms with Crippen LogP contribution in [0.25, 0.3) is 16.9 Å². The minimum Gasteiger partial charge on any atom is -0.327 e. The molecular formula is C13H10BrN5S. The fourth-order valence-electron chi connectivity index (χ4n) is 2.29. The fraction of sp³-hybridized carbons (Fsp3) is 0.154. The maximum absolute atomic E-state index is 8.94. The number of hydrogen-bond donors (Lipinski definition) is 1. The van der Waals surface area contributed by atoms with Crippen molar-refractivity contribution in [1.29, 1.82) is 5.26 Å². The summed E-state index contributed by atoms with van der Waals surface area (Å²) in [5, 5.41) is 13.3. The van der Waals surface area contributed by atoms with Crippen LogP contribution in [-0.2, 0) is 7.05 Å². The third-order valence-electron chi connectivity index (χ3n) is 3.16. The molecule has 0 bridgehead atoms. The first-order valence-electron chi connectivity index (χ1n) is 5.87. The van der Waals surface area contributed by atoms with Gasteiger partial charge < -0.3 is 4.98 Å². The molecule has 2 heterocycles. The second-order valence-electron chi connectivity index (χ2n) is 4.45. The van der Waals surface area contributed by atoms with E-state index in [2.05, 4.69) is 32.1 Å². The van der Waals surface area contributed by atoms with Gasteiger partial charge in [0.2, 0.25) is 0 Å². The highest BCUT2D eigenvalue weighted by Gasteiger charge is 2.15. The molecule has 0 fully saturated rings. The molecule has 3 aromatic rings. The van der Waals surface area contributed by atoms with E-state index >= 15 is 0 Å². The van der Waals surface area contributed by atoms with Crippen LogP contribution in [0.3, 0.4) is 0 Å².